The number of carboxylic acids is 1. The van der Waals surface area contributed by atoms with E-state index in [1.807, 2.05) is 13.0 Å². The Hall–Kier alpha value is -2.56. The minimum absolute atomic E-state index is 0.178. The summed E-state index contributed by atoms with van der Waals surface area (Å²) in [6.45, 7) is 6.54. The molecule has 0 saturated carbocycles. The number of rotatable bonds is 7. The van der Waals surface area contributed by atoms with Gasteiger partial charge in [-0.3, -0.25) is 4.90 Å². The fraction of sp³-hybridized carbons (Fsp3) is 0.368. The monoisotopic (exact) mass is 331 g/mol. The number of carbonyl (C=O) groups excluding carboxylic acids is 1. The Morgan fingerprint density at radius 2 is 1.75 bits per heavy atom. The molecule has 0 heterocycles. The maximum Gasteiger partial charge on any atom is 0.414 e. The molecule has 5 heteroatoms. The third-order valence-corrected chi connectivity index (χ3v) is 3.53. The fourth-order valence-electron chi connectivity index (χ4n) is 2.12. The van der Waals surface area contributed by atoms with Crippen LogP contribution in [-0.2, 0) is 4.74 Å². The number of hydrogen-bond donors (Lipinski definition) is 1. The van der Waals surface area contributed by atoms with Crippen LogP contribution in [0.2, 0.25) is 0 Å². The number of hydrogen-bond acceptors (Lipinski definition) is 3. The van der Waals surface area contributed by atoms with Crippen LogP contribution >= 0.6 is 0 Å². The Bertz CT molecular complexity index is 625. The summed E-state index contributed by atoms with van der Waals surface area (Å²) < 4.78 is 4.82. The van der Waals surface area contributed by atoms with E-state index in [2.05, 4.69) is 19.9 Å². The topological polar surface area (TPSA) is 66.8 Å². The third kappa shape index (κ3) is 6.28. The molecule has 5 nitrogen and oxygen atoms in total. The van der Waals surface area contributed by atoms with Crippen molar-refractivity contribution in [2.24, 2.45) is 0 Å². The van der Waals surface area contributed by atoms with Gasteiger partial charge in [-0.2, -0.15) is 0 Å². The van der Waals surface area contributed by atoms with Crippen molar-refractivity contribution >= 4 is 17.7 Å². The van der Waals surface area contributed by atoms with E-state index >= 15 is 0 Å². The average Bonchev–Trinajstić information content (AvgIpc) is 2.54. The molecule has 0 fully saturated rings. The maximum absolute atomic E-state index is 12.0. The second kappa shape index (κ2) is 9.55. The lowest BCUT2D eigenvalue weighted by molar-refractivity contribution is 0.0697. The van der Waals surface area contributed by atoms with Crippen LogP contribution in [0.1, 0.15) is 44.0 Å². The molecule has 1 aromatic rings. The number of aromatic carboxylic acids is 1. The predicted molar refractivity (Wildman–Crippen MR) is 95.6 cm³/mol. The van der Waals surface area contributed by atoms with E-state index in [1.54, 1.807) is 12.1 Å². The molecule has 0 aliphatic heterocycles. The van der Waals surface area contributed by atoms with Crippen molar-refractivity contribution in [1.29, 1.82) is 0 Å². The standard InChI is InChI=1S/C19H25NO4/c1-14(2)6-5-7-15(3)12-13-20(19(23)24-4)17-10-8-16(9-11-17)18(21)22/h6,8-12H,5,7,13H2,1-4H3,(H,21,22)/b15-12+. The van der Waals surface area contributed by atoms with E-state index in [0.29, 0.717) is 12.2 Å². The highest BCUT2D eigenvalue weighted by Crippen LogP contribution is 2.17. The Balaban J connectivity index is 2.84. The van der Waals surface area contributed by atoms with Crippen LogP contribution in [0.25, 0.3) is 0 Å². The second-order valence-electron chi connectivity index (χ2n) is 5.80. The number of nitrogens with zero attached hydrogens (tertiary/aromatic N) is 1. The van der Waals surface area contributed by atoms with Crippen molar-refractivity contribution in [3.63, 3.8) is 0 Å². The molecule has 0 spiro atoms. The van der Waals surface area contributed by atoms with E-state index in [9.17, 15) is 9.59 Å². The van der Waals surface area contributed by atoms with Crippen molar-refractivity contribution in [2.45, 2.75) is 33.6 Å². The molecule has 0 atom stereocenters. The van der Waals surface area contributed by atoms with Gasteiger partial charge in [0.05, 0.1) is 12.7 Å². The first-order valence-corrected chi connectivity index (χ1v) is 7.83. The molecule has 0 aromatic heterocycles. The summed E-state index contributed by atoms with van der Waals surface area (Å²) in [4.78, 5) is 24.4. The van der Waals surface area contributed by atoms with Gasteiger partial charge in [-0.15, -0.1) is 0 Å². The normalized spacial score (nSPS) is 10.9. The van der Waals surface area contributed by atoms with Gasteiger partial charge in [0.15, 0.2) is 0 Å². The highest BCUT2D eigenvalue weighted by molar-refractivity contribution is 5.91. The average molecular weight is 331 g/mol. The molecule has 1 amide bonds. The van der Waals surface area contributed by atoms with Crippen molar-refractivity contribution < 1.29 is 19.4 Å². The van der Waals surface area contributed by atoms with Gasteiger partial charge in [0.25, 0.3) is 0 Å². The van der Waals surface area contributed by atoms with Gasteiger partial charge in [0, 0.05) is 12.2 Å². The van der Waals surface area contributed by atoms with Gasteiger partial charge >= 0.3 is 12.1 Å². The number of amides is 1. The SMILES string of the molecule is COC(=O)N(C/C=C(\C)CCC=C(C)C)c1ccc(C(=O)O)cc1. The van der Waals surface area contributed by atoms with Gasteiger partial charge < -0.3 is 9.84 Å². The van der Waals surface area contributed by atoms with E-state index in [-0.39, 0.29) is 5.56 Å². The predicted octanol–water partition coefficient (Wildman–Crippen LogP) is 4.65. The molecule has 0 radical (unpaired) electrons. The zero-order valence-electron chi connectivity index (χ0n) is 14.7. The van der Waals surface area contributed by atoms with Crippen molar-refractivity contribution in [3.05, 3.63) is 53.1 Å². The molecule has 24 heavy (non-hydrogen) atoms. The molecule has 1 N–H and O–H groups in total. The highest BCUT2D eigenvalue weighted by atomic mass is 16.5. The van der Waals surface area contributed by atoms with Crippen molar-refractivity contribution in [2.75, 3.05) is 18.6 Å². The van der Waals surface area contributed by atoms with E-state index in [1.165, 1.54) is 35.3 Å². The first-order valence-electron chi connectivity index (χ1n) is 7.83. The molecule has 0 saturated heterocycles. The smallest absolute Gasteiger partial charge is 0.414 e. The second-order valence-corrected chi connectivity index (χ2v) is 5.80. The van der Waals surface area contributed by atoms with Gasteiger partial charge in [-0.25, -0.2) is 9.59 Å². The lowest BCUT2D eigenvalue weighted by Crippen LogP contribution is -2.31. The molecule has 0 aliphatic rings. The number of benzene rings is 1. The minimum Gasteiger partial charge on any atom is -0.478 e. The van der Waals surface area contributed by atoms with E-state index in [4.69, 9.17) is 9.84 Å². The van der Waals surface area contributed by atoms with Crippen molar-refractivity contribution in [1.82, 2.24) is 0 Å². The van der Waals surface area contributed by atoms with Crippen LogP contribution in [0.5, 0.6) is 0 Å². The Kier molecular flexibility index (Phi) is 7.75. The number of ether oxygens (including phenoxy) is 1. The summed E-state index contributed by atoms with van der Waals surface area (Å²) >= 11 is 0. The van der Waals surface area contributed by atoms with Crippen LogP contribution in [-0.4, -0.2) is 30.8 Å². The summed E-state index contributed by atoms with van der Waals surface area (Å²) in [6, 6.07) is 6.15. The zero-order chi connectivity index (χ0) is 18.1. The van der Waals surface area contributed by atoms with Gasteiger partial charge in [-0.05, 0) is 57.9 Å². The highest BCUT2D eigenvalue weighted by Gasteiger charge is 2.15. The summed E-state index contributed by atoms with van der Waals surface area (Å²) in [5.74, 6) is -0.999. The summed E-state index contributed by atoms with van der Waals surface area (Å²) in [5.41, 5.74) is 3.25. The number of allylic oxidation sites excluding steroid dienone is 3. The first kappa shape index (κ1) is 19.5. The quantitative estimate of drug-likeness (QED) is 0.739. The molecular weight excluding hydrogens is 306 g/mol. The summed E-state index contributed by atoms with van der Waals surface area (Å²) in [6.07, 6.45) is 5.58. The molecule has 0 unspecified atom stereocenters. The molecule has 130 valence electrons. The minimum atomic E-state index is -0.999. The van der Waals surface area contributed by atoms with Crippen LogP contribution in [0.4, 0.5) is 10.5 Å². The van der Waals surface area contributed by atoms with Gasteiger partial charge in [-0.1, -0.05) is 23.3 Å². The van der Waals surface area contributed by atoms with E-state index < -0.39 is 12.1 Å². The summed E-state index contributed by atoms with van der Waals surface area (Å²) in [5, 5.41) is 8.95. The largest absolute Gasteiger partial charge is 0.478 e. The van der Waals surface area contributed by atoms with Crippen LogP contribution in [0.3, 0.4) is 0 Å². The third-order valence-electron chi connectivity index (χ3n) is 3.53. The maximum atomic E-state index is 12.0. The molecular formula is C19H25NO4. The van der Waals surface area contributed by atoms with Gasteiger partial charge in [0.1, 0.15) is 0 Å². The Morgan fingerprint density at radius 3 is 2.25 bits per heavy atom. The number of anilines is 1. The van der Waals surface area contributed by atoms with Gasteiger partial charge in [0.2, 0.25) is 0 Å². The van der Waals surface area contributed by atoms with Crippen LogP contribution in [0.15, 0.2) is 47.6 Å². The number of carboxylic acid groups (broad SMARTS) is 1. The van der Waals surface area contributed by atoms with E-state index in [0.717, 1.165) is 12.8 Å². The Labute approximate surface area is 143 Å². The fourth-order valence-corrected chi connectivity index (χ4v) is 2.12. The molecule has 1 rings (SSSR count). The first-order chi connectivity index (χ1) is 11.3. The van der Waals surface area contributed by atoms with Crippen LogP contribution in [0, 0.1) is 0 Å². The lowest BCUT2D eigenvalue weighted by Gasteiger charge is -2.20. The molecule has 0 bridgehead atoms. The van der Waals surface area contributed by atoms with Crippen LogP contribution < -0.4 is 4.90 Å². The lowest BCUT2D eigenvalue weighted by atomic mass is 10.1. The summed E-state index contributed by atoms with van der Waals surface area (Å²) in [7, 11) is 1.33. The zero-order valence-corrected chi connectivity index (χ0v) is 14.7. The number of carbonyl (C=O) groups is 2. The Morgan fingerprint density at radius 1 is 1.12 bits per heavy atom. The molecule has 1 aromatic carbocycles. The van der Waals surface area contributed by atoms with Crippen molar-refractivity contribution in [3.8, 4) is 0 Å². The number of methoxy groups -OCH3 is 1. The molecule has 0 aliphatic carbocycles.